The van der Waals surface area contributed by atoms with Crippen LogP contribution in [0.15, 0.2) is 24.3 Å². The van der Waals surface area contributed by atoms with E-state index >= 15 is 0 Å². The first-order chi connectivity index (χ1) is 9.57. The maximum Gasteiger partial charge on any atom is 0.163 e. The first-order valence-corrected chi connectivity index (χ1v) is 7.23. The van der Waals surface area contributed by atoms with Crippen LogP contribution < -0.4 is 5.32 Å². The Hall–Kier alpha value is -1.73. The molecule has 0 aliphatic heterocycles. The molecule has 0 aliphatic rings. The summed E-state index contributed by atoms with van der Waals surface area (Å²) in [7, 11) is 0. The molecule has 0 fully saturated rings. The lowest BCUT2D eigenvalue weighted by atomic mass is 10.0. The Labute approximate surface area is 121 Å². The second-order valence-electron chi connectivity index (χ2n) is 5.44. The van der Waals surface area contributed by atoms with Gasteiger partial charge >= 0.3 is 0 Å². The Morgan fingerprint density at radius 3 is 2.70 bits per heavy atom. The molecule has 0 atom stereocenters. The van der Waals surface area contributed by atoms with E-state index in [4.69, 9.17) is 5.26 Å². The van der Waals surface area contributed by atoms with E-state index < -0.39 is 0 Å². The van der Waals surface area contributed by atoms with Gasteiger partial charge < -0.3 is 5.32 Å². The molecule has 0 aromatic carbocycles. The van der Waals surface area contributed by atoms with Crippen LogP contribution in [-0.4, -0.2) is 22.3 Å². The van der Waals surface area contributed by atoms with Crippen molar-refractivity contribution in [3.8, 4) is 6.07 Å². The van der Waals surface area contributed by atoms with Gasteiger partial charge in [0.15, 0.2) is 5.69 Å². The van der Waals surface area contributed by atoms with Gasteiger partial charge in [0.25, 0.3) is 0 Å². The van der Waals surface area contributed by atoms with Crippen LogP contribution in [0.2, 0.25) is 0 Å². The summed E-state index contributed by atoms with van der Waals surface area (Å²) < 4.78 is 0. The van der Waals surface area contributed by atoms with Crippen molar-refractivity contribution in [3.05, 3.63) is 35.7 Å². The zero-order valence-electron chi connectivity index (χ0n) is 12.7. The summed E-state index contributed by atoms with van der Waals surface area (Å²) in [6, 6.07) is 5.58. The van der Waals surface area contributed by atoms with Crippen LogP contribution in [0.1, 0.15) is 51.4 Å². The van der Waals surface area contributed by atoms with Crippen molar-refractivity contribution >= 4 is 0 Å². The highest BCUT2D eigenvalue weighted by Gasteiger charge is 2.11. The van der Waals surface area contributed by atoms with Crippen LogP contribution >= 0.6 is 0 Å². The molecule has 0 saturated carbocycles. The van der Waals surface area contributed by atoms with Crippen molar-refractivity contribution < 1.29 is 0 Å². The van der Waals surface area contributed by atoms with E-state index in [0.717, 1.165) is 37.9 Å². The lowest BCUT2D eigenvalue weighted by Crippen LogP contribution is -2.37. The summed E-state index contributed by atoms with van der Waals surface area (Å²) in [5, 5.41) is 20.0. The van der Waals surface area contributed by atoms with E-state index in [1.807, 2.05) is 12.1 Å². The summed E-state index contributed by atoms with van der Waals surface area (Å²) in [6.45, 7) is 7.51. The molecule has 0 unspecified atom stereocenters. The van der Waals surface area contributed by atoms with Gasteiger partial charge in [-0.15, -0.1) is 5.10 Å². The van der Waals surface area contributed by atoms with Crippen molar-refractivity contribution in [1.82, 2.24) is 15.5 Å². The lowest BCUT2D eigenvalue weighted by molar-refractivity contribution is 0.462. The molecule has 0 amide bonds. The summed E-state index contributed by atoms with van der Waals surface area (Å²) in [5.41, 5.74) is 1.39. The van der Waals surface area contributed by atoms with E-state index in [0.29, 0.717) is 5.69 Å². The summed E-state index contributed by atoms with van der Waals surface area (Å²) in [5.74, 6) is 0. The number of hydrogen-bond donors (Lipinski definition) is 1. The Morgan fingerprint density at radius 2 is 2.10 bits per heavy atom. The van der Waals surface area contributed by atoms with Gasteiger partial charge in [-0.3, -0.25) is 0 Å². The van der Waals surface area contributed by atoms with E-state index in [1.165, 1.54) is 0 Å². The third kappa shape index (κ3) is 6.44. The maximum absolute atomic E-state index is 8.65. The molecule has 20 heavy (non-hydrogen) atoms. The van der Waals surface area contributed by atoms with Crippen molar-refractivity contribution in [2.24, 2.45) is 0 Å². The van der Waals surface area contributed by atoms with Gasteiger partial charge in [0.2, 0.25) is 0 Å². The molecule has 0 spiro atoms. The fourth-order valence-electron chi connectivity index (χ4n) is 1.87. The maximum atomic E-state index is 8.65. The van der Waals surface area contributed by atoms with Crippen LogP contribution in [0.5, 0.6) is 0 Å². The highest BCUT2D eigenvalue weighted by atomic mass is 15.1. The third-order valence-corrected chi connectivity index (χ3v) is 3.04. The number of allylic oxidation sites excluding steroid dienone is 1. The number of aromatic nitrogens is 2. The number of rotatable bonds is 8. The standard InChI is InChI=1S/C16H24N4/c1-4-5-11-16(2,3)18-12-7-6-8-14-9-10-15(13-17)20-19-14/h5,9-11,18H,4,6-8,12H2,1-3H3/b11-5-. The van der Waals surface area contributed by atoms with Gasteiger partial charge in [-0.2, -0.15) is 10.4 Å². The molecule has 0 bridgehead atoms. The Morgan fingerprint density at radius 1 is 1.30 bits per heavy atom. The SMILES string of the molecule is CC/C=C\C(C)(C)NCCCCc1ccc(C#N)nn1. The first-order valence-electron chi connectivity index (χ1n) is 7.23. The van der Waals surface area contributed by atoms with Crippen LogP contribution in [0.4, 0.5) is 0 Å². The second kappa shape index (κ2) is 8.44. The molecule has 1 aromatic heterocycles. The van der Waals surface area contributed by atoms with Crippen LogP contribution in [0, 0.1) is 11.3 Å². The second-order valence-corrected chi connectivity index (χ2v) is 5.44. The quantitative estimate of drug-likeness (QED) is 0.583. The highest BCUT2D eigenvalue weighted by molar-refractivity contribution is 5.18. The predicted molar refractivity (Wildman–Crippen MR) is 81.2 cm³/mol. The normalized spacial score (nSPS) is 11.7. The first kappa shape index (κ1) is 16.3. The molecule has 1 heterocycles. The molecule has 1 N–H and O–H groups in total. The Kier molecular flexibility index (Phi) is 6.89. The summed E-state index contributed by atoms with van der Waals surface area (Å²) in [6.07, 6.45) is 8.57. The Balaban J connectivity index is 2.21. The largest absolute Gasteiger partial charge is 0.308 e. The fourth-order valence-corrected chi connectivity index (χ4v) is 1.87. The molecule has 1 aromatic rings. The number of nitrogens with one attached hydrogen (secondary N) is 1. The fraction of sp³-hybridized carbons (Fsp3) is 0.562. The van der Waals surface area contributed by atoms with Gasteiger partial charge in [0, 0.05) is 5.54 Å². The number of hydrogen-bond acceptors (Lipinski definition) is 4. The van der Waals surface area contributed by atoms with Crippen molar-refractivity contribution in [2.45, 2.75) is 52.0 Å². The van der Waals surface area contributed by atoms with E-state index in [1.54, 1.807) is 6.07 Å². The van der Waals surface area contributed by atoms with Crippen LogP contribution in [-0.2, 0) is 6.42 Å². The molecular formula is C16H24N4. The molecule has 4 heteroatoms. The van der Waals surface area contributed by atoms with E-state index in [-0.39, 0.29) is 5.54 Å². The molecule has 1 rings (SSSR count). The van der Waals surface area contributed by atoms with Gasteiger partial charge in [-0.1, -0.05) is 19.1 Å². The molecule has 108 valence electrons. The molecule has 0 saturated heterocycles. The molecule has 4 nitrogen and oxygen atoms in total. The number of aryl methyl sites for hydroxylation is 1. The summed E-state index contributed by atoms with van der Waals surface area (Å²) in [4.78, 5) is 0. The van der Waals surface area contributed by atoms with Gasteiger partial charge in [0.05, 0.1) is 5.69 Å². The Bertz CT molecular complexity index is 454. The smallest absolute Gasteiger partial charge is 0.163 e. The topological polar surface area (TPSA) is 61.6 Å². The minimum absolute atomic E-state index is 0.0598. The minimum Gasteiger partial charge on any atom is -0.308 e. The number of unbranched alkanes of at least 4 members (excludes halogenated alkanes) is 1. The summed E-state index contributed by atoms with van der Waals surface area (Å²) >= 11 is 0. The van der Waals surface area contributed by atoms with Crippen molar-refractivity contribution in [1.29, 1.82) is 5.26 Å². The lowest BCUT2D eigenvalue weighted by Gasteiger charge is -2.22. The van der Waals surface area contributed by atoms with Gasteiger partial charge in [0.1, 0.15) is 6.07 Å². The zero-order valence-corrected chi connectivity index (χ0v) is 12.7. The monoisotopic (exact) mass is 272 g/mol. The average Bonchev–Trinajstić information content (AvgIpc) is 2.45. The molecule has 0 radical (unpaired) electrons. The van der Waals surface area contributed by atoms with Gasteiger partial charge in [-0.25, -0.2) is 0 Å². The molecular weight excluding hydrogens is 248 g/mol. The molecule has 0 aliphatic carbocycles. The minimum atomic E-state index is 0.0598. The van der Waals surface area contributed by atoms with Crippen molar-refractivity contribution in [3.63, 3.8) is 0 Å². The number of nitrogens with zero attached hydrogens (tertiary/aromatic N) is 3. The van der Waals surface area contributed by atoms with Gasteiger partial charge in [-0.05, 0) is 58.2 Å². The average molecular weight is 272 g/mol. The van der Waals surface area contributed by atoms with Crippen molar-refractivity contribution in [2.75, 3.05) is 6.54 Å². The highest BCUT2D eigenvalue weighted by Crippen LogP contribution is 2.06. The van der Waals surface area contributed by atoms with Crippen LogP contribution in [0.3, 0.4) is 0 Å². The van der Waals surface area contributed by atoms with E-state index in [9.17, 15) is 0 Å². The predicted octanol–water partition coefficient (Wildman–Crippen LogP) is 3.01. The van der Waals surface area contributed by atoms with Crippen LogP contribution in [0.25, 0.3) is 0 Å². The zero-order chi connectivity index (χ0) is 14.8. The third-order valence-electron chi connectivity index (χ3n) is 3.04. The van der Waals surface area contributed by atoms with E-state index in [2.05, 4.69) is 48.4 Å². The number of nitriles is 1.